The first-order valence-electron chi connectivity index (χ1n) is 19.7. The molecule has 268 valence electrons. The van der Waals surface area contributed by atoms with Gasteiger partial charge in [-0.3, -0.25) is 0 Å². The zero-order chi connectivity index (χ0) is 38.1. The predicted octanol–water partition coefficient (Wildman–Crippen LogP) is 14.6. The van der Waals surface area contributed by atoms with Crippen LogP contribution >= 0.6 is 0 Å². The van der Waals surface area contributed by atoms with Crippen LogP contribution in [0.5, 0.6) is 0 Å². The largest absolute Gasteiger partial charge is 0.228 e. The third-order valence-electron chi connectivity index (χ3n) is 12.1. The maximum absolute atomic E-state index is 5.43. The van der Waals surface area contributed by atoms with Crippen molar-refractivity contribution in [2.24, 2.45) is 0 Å². The van der Waals surface area contributed by atoms with Gasteiger partial charge in [0.05, 0.1) is 11.4 Å². The van der Waals surface area contributed by atoms with Crippen molar-refractivity contribution in [1.29, 1.82) is 0 Å². The van der Waals surface area contributed by atoms with E-state index in [2.05, 4.69) is 208 Å². The first kappa shape index (κ1) is 33.2. The van der Waals surface area contributed by atoms with Crippen molar-refractivity contribution in [1.82, 2.24) is 9.97 Å². The first-order chi connectivity index (χ1) is 28.0. The van der Waals surface area contributed by atoms with E-state index in [9.17, 15) is 0 Å². The monoisotopic (exact) mass is 726 g/mol. The molecule has 0 fully saturated rings. The van der Waals surface area contributed by atoms with Crippen LogP contribution in [0.4, 0.5) is 0 Å². The summed E-state index contributed by atoms with van der Waals surface area (Å²) in [5, 5.41) is 7.22. The van der Waals surface area contributed by atoms with Crippen molar-refractivity contribution < 1.29 is 0 Å². The quantitative estimate of drug-likeness (QED) is 0.130. The fourth-order valence-electron chi connectivity index (χ4n) is 9.15. The molecule has 0 bridgehead atoms. The lowest BCUT2D eigenvalue weighted by Crippen LogP contribution is -2.14. The molecule has 57 heavy (non-hydrogen) atoms. The topological polar surface area (TPSA) is 25.8 Å². The Morgan fingerprint density at radius 1 is 0.333 bits per heavy atom. The van der Waals surface area contributed by atoms with E-state index in [1.165, 1.54) is 65.7 Å². The third-order valence-corrected chi connectivity index (χ3v) is 12.1. The first-order valence-corrected chi connectivity index (χ1v) is 19.7. The van der Waals surface area contributed by atoms with Crippen molar-refractivity contribution >= 4 is 32.3 Å². The summed E-state index contributed by atoms with van der Waals surface area (Å²) in [4.78, 5) is 10.8. The summed E-state index contributed by atoms with van der Waals surface area (Å²) in [7, 11) is 0. The minimum Gasteiger partial charge on any atom is -0.228 e. The second-order valence-electron chi connectivity index (χ2n) is 15.8. The number of hydrogen-bond donors (Lipinski definition) is 0. The van der Waals surface area contributed by atoms with Gasteiger partial charge in [-0.05, 0) is 101 Å². The van der Waals surface area contributed by atoms with Gasteiger partial charge in [0.15, 0.2) is 5.82 Å². The number of aromatic nitrogens is 2. The van der Waals surface area contributed by atoms with Gasteiger partial charge >= 0.3 is 0 Å². The highest BCUT2D eigenvalue weighted by molar-refractivity contribution is 6.19. The second kappa shape index (κ2) is 13.0. The Balaban J connectivity index is 1.11. The number of rotatable bonds is 5. The molecule has 0 saturated carbocycles. The Morgan fingerprint density at radius 2 is 0.947 bits per heavy atom. The summed E-state index contributed by atoms with van der Waals surface area (Å²) in [6.07, 6.45) is 0. The van der Waals surface area contributed by atoms with Gasteiger partial charge in [-0.15, -0.1) is 0 Å². The molecule has 1 aliphatic carbocycles. The Bertz CT molecular complexity index is 3190. The van der Waals surface area contributed by atoms with E-state index in [-0.39, 0.29) is 5.41 Å². The predicted molar refractivity (Wildman–Crippen MR) is 239 cm³/mol. The standard InChI is InChI=1S/C55H38N2/c1-55(2)49-22-11-10-21-45(49)48-32-40(28-30-50(48)55)39-17-12-18-42(31-39)51-34-52(57-54(56-51)38-25-23-36(24-26-38)35-13-4-3-5-14-35)53-44-20-9-7-16-41(44)33-47-43-19-8-6-15-37(43)27-29-46(47)53/h3-34H,1-2H3. The molecule has 1 aliphatic rings. The fraction of sp³-hybridized carbons (Fsp3) is 0.0545. The van der Waals surface area contributed by atoms with E-state index in [0.29, 0.717) is 5.82 Å². The molecule has 2 heteroatoms. The lowest BCUT2D eigenvalue weighted by atomic mass is 9.82. The van der Waals surface area contributed by atoms with Crippen molar-refractivity contribution in [2.45, 2.75) is 19.3 Å². The highest BCUT2D eigenvalue weighted by Gasteiger charge is 2.35. The van der Waals surface area contributed by atoms with Crippen molar-refractivity contribution in [2.75, 3.05) is 0 Å². The summed E-state index contributed by atoms with van der Waals surface area (Å²) in [6, 6.07) is 70.2. The summed E-state index contributed by atoms with van der Waals surface area (Å²) in [6.45, 7) is 4.66. The van der Waals surface area contributed by atoms with E-state index in [0.717, 1.165) is 39.2 Å². The van der Waals surface area contributed by atoms with Crippen molar-refractivity contribution in [3.8, 4) is 67.3 Å². The maximum atomic E-state index is 5.43. The van der Waals surface area contributed by atoms with Crippen LogP contribution in [-0.4, -0.2) is 9.97 Å². The molecule has 1 heterocycles. The van der Waals surface area contributed by atoms with Crippen molar-refractivity contribution in [3.63, 3.8) is 0 Å². The smallest absolute Gasteiger partial charge is 0.160 e. The average molecular weight is 727 g/mol. The van der Waals surface area contributed by atoms with Gasteiger partial charge in [0.25, 0.3) is 0 Å². The maximum Gasteiger partial charge on any atom is 0.160 e. The molecule has 1 aromatic heterocycles. The van der Waals surface area contributed by atoms with Crippen LogP contribution in [0, 0.1) is 0 Å². The van der Waals surface area contributed by atoms with E-state index in [4.69, 9.17) is 9.97 Å². The minimum absolute atomic E-state index is 0.0303. The fourth-order valence-corrected chi connectivity index (χ4v) is 9.15. The lowest BCUT2D eigenvalue weighted by Gasteiger charge is -2.21. The van der Waals surface area contributed by atoms with Gasteiger partial charge in [-0.1, -0.05) is 184 Å². The molecule has 0 saturated heterocycles. The van der Waals surface area contributed by atoms with Crippen LogP contribution in [0.2, 0.25) is 0 Å². The average Bonchev–Trinajstić information content (AvgIpc) is 3.51. The van der Waals surface area contributed by atoms with Crippen LogP contribution < -0.4 is 0 Å². The van der Waals surface area contributed by atoms with E-state index in [1.807, 2.05) is 0 Å². The number of fused-ring (bicyclic) bond motifs is 7. The van der Waals surface area contributed by atoms with Gasteiger partial charge in [0, 0.05) is 22.1 Å². The molecule has 0 aliphatic heterocycles. The third kappa shape index (κ3) is 5.48. The summed E-state index contributed by atoms with van der Waals surface area (Å²) in [5.41, 5.74) is 15.0. The Labute approximate surface area is 332 Å². The van der Waals surface area contributed by atoms with Gasteiger partial charge in [-0.25, -0.2) is 9.97 Å². The second-order valence-corrected chi connectivity index (χ2v) is 15.8. The van der Waals surface area contributed by atoms with Crippen LogP contribution in [0.1, 0.15) is 25.0 Å². The number of benzene rings is 9. The highest BCUT2D eigenvalue weighted by atomic mass is 14.9. The molecular formula is C55H38N2. The molecule has 0 N–H and O–H groups in total. The molecule has 0 spiro atoms. The Hall–Kier alpha value is -7.16. The molecule has 0 radical (unpaired) electrons. The zero-order valence-electron chi connectivity index (χ0n) is 31.9. The van der Waals surface area contributed by atoms with Gasteiger partial charge < -0.3 is 0 Å². The molecular weight excluding hydrogens is 689 g/mol. The lowest BCUT2D eigenvalue weighted by molar-refractivity contribution is 0.660. The van der Waals surface area contributed by atoms with Crippen LogP contribution in [0.25, 0.3) is 99.6 Å². The van der Waals surface area contributed by atoms with Crippen LogP contribution in [0.15, 0.2) is 194 Å². The Morgan fingerprint density at radius 3 is 1.81 bits per heavy atom. The number of nitrogens with zero attached hydrogens (tertiary/aromatic N) is 2. The van der Waals surface area contributed by atoms with E-state index < -0.39 is 0 Å². The van der Waals surface area contributed by atoms with E-state index in [1.54, 1.807) is 0 Å². The molecule has 0 amide bonds. The van der Waals surface area contributed by atoms with Crippen LogP contribution in [-0.2, 0) is 5.41 Å². The summed E-state index contributed by atoms with van der Waals surface area (Å²) >= 11 is 0. The van der Waals surface area contributed by atoms with Gasteiger partial charge in [0.2, 0.25) is 0 Å². The zero-order valence-corrected chi connectivity index (χ0v) is 31.9. The van der Waals surface area contributed by atoms with Gasteiger partial charge in [0.1, 0.15) is 0 Å². The minimum atomic E-state index is -0.0303. The molecule has 11 rings (SSSR count). The normalized spacial score (nSPS) is 12.9. The molecule has 2 nitrogen and oxygen atoms in total. The SMILES string of the molecule is CC1(C)c2ccccc2-c2cc(-c3cccc(-c4cc(-c5c6ccccc6cc6c5ccc5ccccc56)nc(-c5ccc(-c6ccccc6)cc5)n4)c3)ccc21. The van der Waals surface area contributed by atoms with Crippen LogP contribution in [0.3, 0.4) is 0 Å². The van der Waals surface area contributed by atoms with Gasteiger partial charge in [-0.2, -0.15) is 0 Å². The summed E-state index contributed by atoms with van der Waals surface area (Å²) < 4.78 is 0. The summed E-state index contributed by atoms with van der Waals surface area (Å²) in [5.74, 6) is 0.700. The molecule has 0 atom stereocenters. The van der Waals surface area contributed by atoms with E-state index >= 15 is 0 Å². The Kier molecular flexibility index (Phi) is 7.55. The highest BCUT2D eigenvalue weighted by Crippen LogP contribution is 2.49. The van der Waals surface area contributed by atoms with Crippen molar-refractivity contribution in [3.05, 3.63) is 205 Å². The molecule has 0 unspecified atom stereocenters. The molecule has 10 aromatic rings. The molecule has 9 aromatic carbocycles. The number of hydrogen-bond acceptors (Lipinski definition) is 2.